The molecule has 23 heavy (non-hydrogen) atoms. The molecule has 1 heterocycles. The lowest BCUT2D eigenvalue weighted by Crippen LogP contribution is -2.50. The molecule has 1 aliphatic rings. The van der Waals surface area contributed by atoms with Gasteiger partial charge in [0.15, 0.2) is 0 Å². The Morgan fingerprint density at radius 3 is 2.78 bits per heavy atom. The van der Waals surface area contributed by atoms with Crippen LogP contribution in [0, 0.1) is 11.2 Å². The number of benzene rings is 1. The van der Waals surface area contributed by atoms with E-state index in [0.717, 1.165) is 19.4 Å². The van der Waals surface area contributed by atoms with Gasteiger partial charge in [0.1, 0.15) is 24.3 Å². The van der Waals surface area contributed by atoms with Crippen LogP contribution in [0.2, 0.25) is 0 Å². The van der Waals surface area contributed by atoms with E-state index < -0.39 is 11.5 Å². The topological polar surface area (TPSA) is 70.6 Å². The number of amides is 1. The highest BCUT2D eigenvalue weighted by Crippen LogP contribution is 2.25. The van der Waals surface area contributed by atoms with Crippen molar-refractivity contribution in [2.24, 2.45) is 5.41 Å². The largest absolute Gasteiger partial charge is 0.491 e. The van der Waals surface area contributed by atoms with Gasteiger partial charge in [-0.25, -0.2) is 4.39 Å². The summed E-state index contributed by atoms with van der Waals surface area (Å²) in [7, 11) is 0. The van der Waals surface area contributed by atoms with Crippen LogP contribution in [0.5, 0.6) is 5.75 Å². The number of hydrogen-bond donors (Lipinski definition) is 3. The average Bonchev–Trinajstić information content (AvgIpc) is 2.52. The average molecular weight is 347 g/mol. The molecule has 1 aromatic rings. The highest BCUT2D eigenvalue weighted by atomic mass is 35.5. The molecule has 2 unspecified atom stereocenters. The van der Waals surface area contributed by atoms with Crippen LogP contribution in [-0.2, 0) is 4.79 Å². The molecule has 130 valence electrons. The fourth-order valence-electron chi connectivity index (χ4n) is 2.46. The molecule has 0 bridgehead atoms. The summed E-state index contributed by atoms with van der Waals surface area (Å²) < 4.78 is 18.1. The number of aliphatic hydroxyl groups excluding tert-OH is 1. The quantitative estimate of drug-likeness (QED) is 0.730. The summed E-state index contributed by atoms with van der Waals surface area (Å²) >= 11 is 0. The molecule has 1 amide bonds. The van der Waals surface area contributed by atoms with E-state index >= 15 is 0 Å². The number of nitrogens with one attached hydrogen (secondary N) is 2. The van der Waals surface area contributed by atoms with E-state index in [4.69, 9.17) is 4.74 Å². The standard InChI is InChI=1S/C16H23FN2O3.ClH/c1-16(7-2-8-18-11-16)15(21)19-9-13(20)10-22-14-5-3-12(17)4-6-14;/h3-6,13,18,20H,2,7-11H2,1H3,(H,19,21);1H. The number of rotatable bonds is 6. The molecular weight excluding hydrogens is 323 g/mol. The van der Waals surface area contributed by atoms with E-state index in [0.29, 0.717) is 12.3 Å². The van der Waals surface area contributed by atoms with Crippen molar-refractivity contribution in [3.05, 3.63) is 30.1 Å². The van der Waals surface area contributed by atoms with E-state index in [1.165, 1.54) is 24.3 Å². The van der Waals surface area contributed by atoms with Crippen molar-refractivity contribution >= 4 is 18.3 Å². The van der Waals surface area contributed by atoms with Crippen molar-refractivity contribution in [3.8, 4) is 5.75 Å². The summed E-state index contributed by atoms with van der Waals surface area (Å²) in [6, 6.07) is 5.57. The van der Waals surface area contributed by atoms with E-state index in [1.807, 2.05) is 6.92 Å². The number of carbonyl (C=O) groups excluding carboxylic acids is 1. The lowest BCUT2D eigenvalue weighted by Gasteiger charge is -2.32. The molecule has 7 heteroatoms. The first-order valence-electron chi connectivity index (χ1n) is 7.55. The Morgan fingerprint density at radius 2 is 2.17 bits per heavy atom. The molecule has 0 radical (unpaired) electrons. The number of aliphatic hydroxyl groups is 1. The number of carbonyl (C=O) groups is 1. The Kier molecular flexibility index (Phi) is 7.75. The highest BCUT2D eigenvalue weighted by molar-refractivity contribution is 5.85. The minimum absolute atomic E-state index is 0. The molecular formula is C16H24ClFN2O3. The molecule has 5 nitrogen and oxygen atoms in total. The van der Waals surface area contributed by atoms with Crippen LogP contribution in [0.15, 0.2) is 24.3 Å². The van der Waals surface area contributed by atoms with E-state index in [1.54, 1.807) is 0 Å². The van der Waals surface area contributed by atoms with Gasteiger partial charge in [0.2, 0.25) is 5.91 Å². The van der Waals surface area contributed by atoms with E-state index in [2.05, 4.69) is 10.6 Å². The van der Waals surface area contributed by atoms with Crippen LogP contribution in [0.25, 0.3) is 0 Å². The minimum atomic E-state index is -0.811. The summed E-state index contributed by atoms with van der Waals surface area (Å²) in [5, 5.41) is 15.9. The predicted octanol–water partition coefficient (Wildman–Crippen LogP) is 1.49. The summed E-state index contributed by atoms with van der Waals surface area (Å²) in [6.45, 7) is 3.70. The zero-order chi connectivity index (χ0) is 16.0. The smallest absolute Gasteiger partial charge is 0.227 e. The van der Waals surface area contributed by atoms with Gasteiger partial charge < -0.3 is 20.5 Å². The van der Waals surface area contributed by atoms with Crippen LogP contribution in [0.1, 0.15) is 19.8 Å². The van der Waals surface area contributed by atoms with Gasteiger partial charge >= 0.3 is 0 Å². The molecule has 0 spiro atoms. The van der Waals surface area contributed by atoms with Crippen molar-refractivity contribution in [3.63, 3.8) is 0 Å². The second kappa shape index (κ2) is 9.05. The number of halogens is 2. The predicted molar refractivity (Wildman–Crippen MR) is 88.4 cm³/mol. The van der Waals surface area contributed by atoms with Crippen LogP contribution < -0.4 is 15.4 Å². The van der Waals surface area contributed by atoms with E-state index in [9.17, 15) is 14.3 Å². The first-order chi connectivity index (χ1) is 10.5. The molecule has 0 aliphatic carbocycles. The minimum Gasteiger partial charge on any atom is -0.491 e. The summed E-state index contributed by atoms with van der Waals surface area (Å²) in [5.74, 6) is 0.0882. The lowest BCUT2D eigenvalue weighted by atomic mass is 9.82. The van der Waals surface area contributed by atoms with E-state index in [-0.39, 0.29) is 37.3 Å². The van der Waals surface area contributed by atoms with Crippen LogP contribution in [0.4, 0.5) is 4.39 Å². The highest BCUT2D eigenvalue weighted by Gasteiger charge is 2.34. The van der Waals surface area contributed by atoms with Crippen molar-refractivity contribution < 1.29 is 19.0 Å². The fourth-order valence-corrected chi connectivity index (χ4v) is 2.46. The monoisotopic (exact) mass is 346 g/mol. The number of piperidine rings is 1. The summed E-state index contributed by atoms with van der Waals surface area (Å²) in [4.78, 5) is 12.2. The molecule has 0 aromatic heterocycles. The fraction of sp³-hybridized carbons (Fsp3) is 0.562. The molecule has 1 aromatic carbocycles. The molecule has 1 saturated heterocycles. The second-order valence-electron chi connectivity index (χ2n) is 5.97. The normalized spacial score (nSPS) is 21.9. The number of ether oxygens (including phenoxy) is 1. The molecule has 0 saturated carbocycles. The van der Waals surface area contributed by atoms with Crippen LogP contribution >= 0.6 is 12.4 Å². The maximum absolute atomic E-state index is 12.8. The Bertz CT molecular complexity index is 493. The SMILES string of the molecule is CC1(C(=O)NCC(O)COc2ccc(F)cc2)CCCNC1.Cl. The zero-order valence-electron chi connectivity index (χ0n) is 13.2. The third kappa shape index (κ3) is 5.97. The second-order valence-corrected chi connectivity index (χ2v) is 5.97. The van der Waals surface area contributed by atoms with Gasteiger partial charge in [-0.2, -0.15) is 0 Å². The van der Waals surface area contributed by atoms with Crippen LogP contribution in [0.3, 0.4) is 0 Å². The van der Waals surface area contributed by atoms with Crippen molar-refractivity contribution in [1.29, 1.82) is 0 Å². The lowest BCUT2D eigenvalue weighted by molar-refractivity contribution is -0.131. The number of hydrogen-bond acceptors (Lipinski definition) is 4. The van der Waals surface area contributed by atoms with Gasteiger partial charge in [0, 0.05) is 13.1 Å². The summed E-state index contributed by atoms with van der Waals surface area (Å²) in [6.07, 6.45) is 1.00. The van der Waals surface area contributed by atoms with Gasteiger partial charge in [-0.05, 0) is 50.6 Å². The maximum atomic E-state index is 12.8. The Labute approximate surface area is 142 Å². The molecule has 2 rings (SSSR count). The molecule has 1 aliphatic heterocycles. The molecule has 1 fully saturated rings. The first kappa shape index (κ1) is 19.7. The first-order valence-corrected chi connectivity index (χ1v) is 7.55. The Hall–Kier alpha value is -1.37. The van der Waals surface area contributed by atoms with Crippen molar-refractivity contribution in [1.82, 2.24) is 10.6 Å². The van der Waals surface area contributed by atoms with Crippen molar-refractivity contribution in [2.45, 2.75) is 25.9 Å². The summed E-state index contributed by atoms with van der Waals surface area (Å²) in [5.41, 5.74) is -0.421. The van der Waals surface area contributed by atoms with Crippen molar-refractivity contribution in [2.75, 3.05) is 26.2 Å². The third-order valence-corrected chi connectivity index (χ3v) is 3.90. The zero-order valence-corrected chi connectivity index (χ0v) is 14.0. The van der Waals surface area contributed by atoms with Gasteiger partial charge in [-0.15, -0.1) is 12.4 Å². The van der Waals surface area contributed by atoms with Gasteiger partial charge in [0.25, 0.3) is 0 Å². The van der Waals surface area contributed by atoms with Gasteiger partial charge in [-0.3, -0.25) is 4.79 Å². The van der Waals surface area contributed by atoms with Crippen LogP contribution in [-0.4, -0.2) is 43.4 Å². The Balaban J connectivity index is 0.00000264. The van der Waals surface area contributed by atoms with Gasteiger partial charge in [0.05, 0.1) is 5.41 Å². The third-order valence-electron chi connectivity index (χ3n) is 3.90. The molecule has 2 atom stereocenters. The Morgan fingerprint density at radius 1 is 1.48 bits per heavy atom. The van der Waals surface area contributed by atoms with Gasteiger partial charge in [-0.1, -0.05) is 0 Å². The molecule has 3 N–H and O–H groups in total. The maximum Gasteiger partial charge on any atom is 0.227 e.